The van der Waals surface area contributed by atoms with E-state index in [1.165, 1.54) is 0 Å². The first kappa shape index (κ1) is 10.7. The van der Waals surface area contributed by atoms with Crippen LogP contribution in [-0.2, 0) is 0 Å². The maximum atomic E-state index is 5.68. The molecule has 68 valence electrons. The molecule has 0 unspecified atom stereocenters. The van der Waals surface area contributed by atoms with Crippen molar-refractivity contribution in [1.82, 2.24) is 4.98 Å². The Morgan fingerprint density at radius 2 is 1.92 bits per heavy atom. The van der Waals surface area contributed by atoms with E-state index in [4.69, 9.17) is 23.2 Å². The molecule has 4 heteroatoms. The van der Waals surface area contributed by atoms with E-state index >= 15 is 0 Å². The minimum absolute atomic E-state index is 0.364. The number of aromatic nitrogens is 1. The van der Waals surface area contributed by atoms with Crippen LogP contribution in [0, 0.1) is 11.8 Å². The number of thiol groups is 1. The fourth-order valence-electron chi connectivity index (χ4n) is 0.758. The Kier molecular flexibility index (Phi) is 4.44. The van der Waals surface area contributed by atoms with Crippen LogP contribution in [-0.4, -0.2) is 10.7 Å². The SMILES string of the molecule is SCCC#Cc1cc(Cl)nc(Cl)c1. The number of rotatable bonds is 1. The molecule has 1 aromatic rings. The second-order valence-electron chi connectivity index (χ2n) is 2.28. The van der Waals surface area contributed by atoms with Crippen LogP contribution >= 0.6 is 35.8 Å². The van der Waals surface area contributed by atoms with E-state index in [1.54, 1.807) is 12.1 Å². The molecule has 0 aromatic carbocycles. The lowest BCUT2D eigenvalue weighted by atomic mass is 10.3. The monoisotopic (exact) mass is 231 g/mol. The van der Waals surface area contributed by atoms with Gasteiger partial charge in [-0.25, -0.2) is 4.98 Å². The standard InChI is InChI=1S/C9H7Cl2NS/c10-8-5-7(3-1-2-4-13)6-9(11)12-8/h5-6,13H,2,4H2. The van der Waals surface area contributed by atoms with Gasteiger partial charge < -0.3 is 0 Å². The normalized spacial score (nSPS) is 9.15. The molecule has 0 aliphatic carbocycles. The molecule has 1 nitrogen and oxygen atoms in total. The zero-order valence-corrected chi connectivity index (χ0v) is 9.13. The quantitative estimate of drug-likeness (QED) is 0.446. The molecule has 1 heterocycles. The summed E-state index contributed by atoms with van der Waals surface area (Å²) in [5.41, 5.74) is 0.784. The number of pyridine rings is 1. The molecule has 0 atom stereocenters. The lowest BCUT2D eigenvalue weighted by Gasteiger charge is -1.93. The van der Waals surface area contributed by atoms with Crippen molar-refractivity contribution in [1.29, 1.82) is 0 Å². The second-order valence-corrected chi connectivity index (χ2v) is 3.50. The Bertz CT molecular complexity index is 334. The summed E-state index contributed by atoms with van der Waals surface area (Å²) in [6, 6.07) is 3.36. The third-order valence-electron chi connectivity index (χ3n) is 1.23. The molecule has 0 radical (unpaired) electrons. The summed E-state index contributed by atoms with van der Waals surface area (Å²) >= 11 is 15.4. The Balaban J connectivity index is 2.85. The summed E-state index contributed by atoms with van der Waals surface area (Å²) in [6.07, 6.45) is 0.751. The summed E-state index contributed by atoms with van der Waals surface area (Å²) in [5.74, 6) is 6.60. The van der Waals surface area contributed by atoms with Gasteiger partial charge >= 0.3 is 0 Å². The predicted octanol–water partition coefficient (Wildman–Crippen LogP) is 3.06. The zero-order valence-electron chi connectivity index (χ0n) is 6.72. The Morgan fingerprint density at radius 1 is 1.31 bits per heavy atom. The Hall–Kier alpha value is -0.360. The largest absolute Gasteiger partial charge is 0.224 e. The van der Waals surface area contributed by atoms with Crippen molar-refractivity contribution in [2.24, 2.45) is 0 Å². The number of nitrogens with zero attached hydrogens (tertiary/aromatic N) is 1. The Labute approximate surface area is 92.9 Å². The van der Waals surface area contributed by atoms with Crippen LogP contribution < -0.4 is 0 Å². The van der Waals surface area contributed by atoms with Crippen molar-refractivity contribution in [2.45, 2.75) is 6.42 Å². The van der Waals surface area contributed by atoms with Gasteiger partial charge in [-0.1, -0.05) is 35.0 Å². The highest BCUT2D eigenvalue weighted by Crippen LogP contribution is 2.13. The van der Waals surface area contributed by atoms with Crippen molar-refractivity contribution < 1.29 is 0 Å². The molecule has 0 aliphatic rings. The fourth-order valence-corrected chi connectivity index (χ4v) is 1.33. The maximum absolute atomic E-state index is 5.68. The molecular weight excluding hydrogens is 225 g/mol. The van der Waals surface area contributed by atoms with E-state index < -0.39 is 0 Å². The summed E-state index contributed by atoms with van der Waals surface area (Å²) in [5, 5.41) is 0.727. The van der Waals surface area contributed by atoms with Crippen LogP contribution in [0.25, 0.3) is 0 Å². The lowest BCUT2D eigenvalue weighted by Crippen LogP contribution is -1.80. The molecule has 0 spiro atoms. The van der Waals surface area contributed by atoms with Gasteiger partial charge in [0.05, 0.1) is 0 Å². The van der Waals surface area contributed by atoms with Gasteiger partial charge in [-0.3, -0.25) is 0 Å². The van der Waals surface area contributed by atoms with E-state index in [0.717, 1.165) is 17.7 Å². The van der Waals surface area contributed by atoms with Gasteiger partial charge in [-0.2, -0.15) is 12.6 Å². The van der Waals surface area contributed by atoms with E-state index in [9.17, 15) is 0 Å². The van der Waals surface area contributed by atoms with Crippen LogP contribution in [0.15, 0.2) is 12.1 Å². The van der Waals surface area contributed by atoms with Crippen LogP contribution in [0.2, 0.25) is 10.3 Å². The van der Waals surface area contributed by atoms with Crippen LogP contribution in [0.5, 0.6) is 0 Å². The lowest BCUT2D eigenvalue weighted by molar-refractivity contribution is 1.30. The van der Waals surface area contributed by atoms with Crippen LogP contribution in [0.1, 0.15) is 12.0 Å². The second kappa shape index (κ2) is 5.39. The first-order valence-corrected chi connectivity index (χ1v) is 5.04. The molecule has 0 bridgehead atoms. The highest BCUT2D eigenvalue weighted by Gasteiger charge is 1.95. The molecule has 0 aliphatic heterocycles. The summed E-state index contributed by atoms with van der Waals surface area (Å²) in [4.78, 5) is 3.81. The summed E-state index contributed by atoms with van der Waals surface area (Å²) in [6.45, 7) is 0. The van der Waals surface area contributed by atoms with Gasteiger partial charge in [0.15, 0.2) is 0 Å². The third-order valence-corrected chi connectivity index (χ3v) is 1.84. The van der Waals surface area contributed by atoms with Crippen LogP contribution in [0.3, 0.4) is 0 Å². The smallest absolute Gasteiger partial charge is 0.132 e. The molecule has 1 aromatic heterocycles. The average Bonchev–Trinajstić information content (AvgIpc) is 2.03. The average molecular weight is 232 g/mol. The fraction of sp³-hybridized carbons (Fsp3) is 0.222. The molecule has 0 N–H and O–H groups in total. The van der Waals surface area contributed by atoms with Crippen molar-refractivity contribution in [2.75, 3.05) is 5.75 Å². The molecule has 1 rings (SSSR count). The topological polar surface area (TPSA) is 12.9 Å². The molecule has 0 fully saturated rings. The predicted molar refractivity (Wildman–Crippen MR) is 59.6 cm³/mol. The van der Waals surface area contributed by atoms with Gasteiger partial charge in [-0.05, 0) is 12.1 Å². The van der Waals surface area contributed by atoms with Crippen molar-refractivity contribution in [3.63, 3.8) is 0 Å². The highest BCUT2D eigenvalue weighted by molar-refractivity contribution is 7.80. The van der Waals surface area contributed by atoms with E-state index in [1.807, 2.05) is 0 Å². The summed E-state index contributed by atoms with van der Waals surface area (Å²) in [7, 11) is 0. The van der Waals surface area contributed by atoms with Crippen molar-refractivity contribution in [3.8, 4) is 11.8 Å². The van der Waals surface area contributed by atoms with Gasteiger partial charge in [0, 0.05) is 17.7 Å². The van der Waals surface area contributed by atoms with E-state index in [0.29, 0.717) is 10.3 Å². The van der Waals surface area contributed by atoms with Gasteiger partial charge in [0.25, 0.3) is 0 Å². The first-order chi connectivity index (χ1) is 6.22. The first-order valence-electron chi connectivity index (χ1n) is 3.65. The number of hydrogen-bond donors (Lipinski definition) is 1. The zero-order chi connectivity index (χ0) is 9.68. The van der Waals surface area contributed by atoms with Gasteiger partial charge in [0.1, 0.15) is 10.3 Å². The van der Waals surface area contributed by atoms with Gasteiger partial charge in [-0.15, -0.1) is 0 Å². The Morgan fingerprint density at radius 3 is 2.46 bits per heavy atom. The number of hydrogen-bond acceptors (Lipinski definition) is 2. The molecular formula is C9H7Cl2NS. The van der Waals surface area contributed by atoms with Crippen LogP contribution in [0.4, 0.5) is 0 Å². The van der Waals surface area contributed by atoms with E-state index in [-0.39, 0.29) is 0 Å². The summed E-state index contributed by atoms with van der Waals surface area (Å²) < 4.78 is 0. The molecule has 0 saturated heterocycles. The van der Waals surface area contributed by atoms with Crippen molar-refractivity contribution >= 4 is 35.8 Å². The van der Waals surface area contributed by atoms with Gasteiger partial charge in [0.2, 0.25) is 0 Å². The minimum Gasteiger partial charge on any atom is -0.224 e. The maximum Gasteiger partial charge on any atom is 0.132 e. The highest BCUT2D eigenvalue weighted by atomic mass is 35.5. The molecule has 0 amide bonds. The molecule has 13 heavy (non-hydrogen) atoms. The van der Waals surface area contributed by atoms with E-state index in [2.05, 4.69) is 29.5 Å². The number of halogens is 2. The van der Waals surface area contributed by atoms with Crippen molar-refractivity contribution in [3.05, 3.63) is 28.0 Å². The minimum atomic E-state index is 0.364. The molecule has 0 saturated carbocycles. The third kappa shape index (κ3) is 3.91.